The Bertz CT molecular complexity index is 163. The lowest BCUT2D eigenvalue weighted by Crippen LogP contribution is -2.32. The average Bonchev–Trinajstić information content (AvgIpc) is 2.17. The van der Waals surface area contributed by atoms with Crippen LogP contribution in [0.15, 0.2) is 0 Å². The quantitative estimate of drug-likeness (QED) is 0.621. The number of aliphatic carboxylic acids is 1. The van der Waals surface area contributed by atoms with E-state index in [2.05, 4.69) is 13.8 Å². The van der Waals surface area contributed by atoms with Gasteiger partial charge in [0.25, 0.3) is 0 Å². The number of carboxylic acid groups (broad SMARTS) is 1. The van der Waals surface area contributed by atoms with Crippen LogP contribution in [0.2, 0.25) is 0 Å². The summed E-state index contributed by atoms with van der Waals surface area (Å²) in [5, 5.41) is 8.70. The van der Waals surface area contributed by atoms with Crippen LogP contribution in [0.4, 0.5) is 0 Å². The number of carbonyl (C=O) groups is 1. The Morgan fingerprint density at radius 2 is 1.67 bits per heavy atom. The summed E-state index contributed by atoms with van der Waals surface area (Å²) in [6.07, 6.45) is 6.88. The Balaban J connectivity index is 4.00. The normalized spacial score (nSPS) is 13.1. The molecule has 0 saturated heterocycles. The molecule has 0 aromatic rings. The zero-order valence-corrected chi connectivity index (χ0v) is 10.0. The summed E-state index contributed by atoms with van der Waals surface area (Å²) in [7, 11) is 0. The van der Waals surface area contributed by atoms with Gasteiger partial charge in [0.05, 0.1) is 6.42 Å². The highest BCUT2D eigenvalue weighted by atomic mass is 16.4. The van der Waals surface area contributed by atoms with Crippen LogP contribution < -0.4 is 5.73 Å². The molecule has 1 unspecified atom stereocenters. The Hall–Kier alpha value is -0.570. The van der Waals surface area contributed by atoms with Crippen molar-refractivity contribution in [3.8, 4) is 0 Å². The van der Waals surface area contributed by atoms with Crippen molar-refractivity contribution < 1.29 is 9.90 Å². The summed E-state index contributed by atoms with van der Waals surface area (Å²) in [5.74, 6) is -0.388. The molecule has 0 saturated carbocycles. The molecule has 3 heteroatoms. The van der Waals surface area contributed by atoms with Crippen molar-refractivity contribution >= 4 is 5.97 Å². The van der Waals surface area contributed by atoms with Crippen LogP contribution in [-0.2, 0) is 4.79 Å². The molecular weight excluding hydrogens is 190 g/mol. The minimum atomic E-state index is -0.777. The second kappa shape index (κ2) is 8.72. The van der Waals surface area contributed by atoms with Crippen molar-refractivity contribution in [1.29, 1.82) is 0 Å². The van der Waals surface area contributed by atoms with Crippen LogP contribution >= 0.6 is 0 Å². The molecule has 0 bridgehead atoms. The Kier molecular flexibility index (Phi) is 8.38. The fourth-order valence-electron chi connectivity index (χ4n) is 1.87. The van der Waals surface area contributed by atoms with Crippen LogP contribution in [0.25, 0.3) is 0 Å². The van der Waals surface area contributed by atoms with Gasteiger partial charge in [-0.15, -0.1) is 0 Å². The smallest absolute Gasteiger partial charge is 0.304 e. The molecule has 0 rings (SSSR count). The first kappa shape index (κ1) is 14.4. The summed E-state index contributed by atoms with van der Waals surface area (Å²) < 4.78 is 0. The molecule has 0 heterocycles. The largest absolute Gasteiger partial charge is 0.481 e. The van der Waals surface area contributed by atoms with E-state index in [0.29, 0.717) is 5.92 Å². The Morgan fingerprint density at radius 1 is 1.20 bits per heavy atom. The highest BCUT2D eigenvalue weighted by Crippen LogP contribution is 2.20. The van der Waals surface area contributed by atoms with E-state index in [4.69, 9.17) is 10.8 Å². The SMILES string of the molecule is CCCCC(CCCC)C(N)CC(=O)O. The van der Waals surface area contributed by atoms with Gasteiger partial charge < -0.3 is 10.8 Å². The lowest BCUT2D eigenvalue weighted by atomic mass is 9.88. The summed E-state index contributed by atoms with van der Waals surface area (Å²) in [5.41, 5.74) is 5.92. The molecule has 15 heavy (non-hydrogen) atoms. The number of hydrogen-bond donors (Lipinski definition) is 2. The second-order valence-corrected chi connectivity index (χ2v) is 4.31. The van der Waals surface area contributed by atoms with Crippen LogP contribution in [-0.4, -0.2) is 17.1 Å². The van der Waals surface area contributed by atoms with Crippen molar-refractivity contribution in [2.45, 2.75) is 64.8 Å². The first-order valence-electron chi connectivity index (χ1n) is 6.09. The molecule has 0 fully saturated rings. The third-order valence-corrected chi connectivity index (χ3v) is 2.87. The van der Waals surface area contributed by atoms with E-state index >= 15 is 0 Å². The first-order chi connectivity index (χ1) is 7.11. The molecule has 0 aromatic carbocycles. The number of nitrogens with two attached hydrogens (primary N) is 1. The van der Waals surface area contributed by atoms with Crippen molar-refractivity contribution in [3.05, 3.63) is 0 Å². The summed E-state index contributed by atoms with van der Waals surface area (Å²) in [6, 6.07) is -0.166. The van der Waals surface area contributed by atoms with E-state index in [-0.39, 0.29) is 12.5 Å². The van der Waals surface area contributed by atoms with E-state index in [0.717, 1.165) is 38.5 Å². The maximum absolute atomic E-state index is 10.6. The molecule has 90 valence electrons. The first-order valence-corrected chi connectivity index (χ1v) is 6.09. The molecule has 3 nitrogen and oxygen atoms in total. The van der Waals surface area contributed by atoms with Gasteiger partial charge >= 0.3 is 5.97 Å². The van der Waals surface area contributed by atoms with Crippen LogP contribution in [0.3, 0.4) is 0 Å². The summed E-state index contributed by atoms with van der Waals surface area (Å²) in [4.78, 5) is 10.6. The third-order valence-electron chi connectivity index (χ3n) is 2.87. The van der Waals surface area contributed by atoms with E-state index in [1.165, 1.54) is 0 Å². The molecule has 3 N–H and O–H groups in total. The Morgan fingerprint density at radius 3 is 2.00 bits per heavy atom. The predicted molar refractivity (Wildman–Crippen MR) is 62.8 cm³/mol. The highest BCUT2D eigenvalue weighted by Gasteiger charge is 2.19. The van der Waals surface area contributed by atoms with Crippen molar-refractivity contribution in [2.24, 2.45) is 11.7 Å². The van der Waals surface area contributed by atoms with E-state index in [9.17, 15) is 4.79 Å². The van der Waals surface area contributed by atoms with Crippen LogP contribution in [0.5, 0.6) is 0 Å². The average molecular weight is 215 g/mol. The fourth-order valence-corrected chi connectivity index (χ4v) is 1.87. The molecule has 0 aliphatic carbocycles. The molecule has 0 aliphatic rings. The minimum Gasteiger partial charge on any atom is -0.481 e. The van der Waals surface area contributed by atoms with Gasteiger partial charge in [-0.3, -0.25) is 4.79 Å². The van der Waals surface area contributed by atoms with Gasteiger partial charge in [-0.1, -0.05) is 39.5 Å². The molecule has 0 spiro atoms. The van der Waals surface area contributed by atoms with Gasteiger partial charge in [-0.2, -0.15) is 0 Å². The van der Waals surface area contributed by atoms with E-state index < -0.39 is 5.97 Å². The molecule has 0 radical (unpaired) electrons. The lowest BCUT2D eigenvalue weighted by Gasteiger charge is -2.22. The third kappa shape index (κ3) is 7.37. The van der Waals surface area contributed by atoms with Crippen molar-refractivity contribution in [1.82, 2.24) is 0 Å². The molecular formula is C12H25NO2. The van der Waals surface area contributed by atoms with Gasteiger partial charge in [0.2, 0.25) is 0 Å². The van der Waals surface area contributed by atoms with Crippen LogP contribution in [0, 0.1) is 5.92 Å². The minimum absolute atomic E-state index is 0.109. The number of hydrogen-bond acceptors (Lipinski definition) is 2. The monoisotopic (exact) mass is 215 g/mol. The number of rotatable bonds is 9. The molecule has 0 aliphatic heterocycles. The van der Waals surface area contributed by atoms with Crippen LogP contribution in [0.1, 0.15) is 58.8 Å². The molecule has 0 amide bonds. The predicted octanol–water partition coefficient (Wildman–Crippen LogP) is 2.79. The highest BCUT2D eigenvalue weighted by molar-refractivity contribution is 5.67. The number of carboxylic acids is 1. The maximum atomic E-state index is 10.6. The van der Waals surface area contributed by atoms with Crippen molar-refractivity contribution in [3.63, 3.8) is 0 Å². The maximum Gasteiger partial charge on any atom is 0.304 e. The van der Waals surface area contributed by atoms with E-state index in [1.54, 1.807) is 0 Å². The van der Waals surface area contributed by atoms with E-state index in [1.807, 2.05) is 0 Å². The van der Waals surface area contributed by atoms with Gasteiger partial charge in [0, 0.05) is 6.04 Å². The number of unbranched alkanes of at least 4 members (excludes halogenated alkanes) is 2. The van der Waals surface area contributed by atoms with Gasteiger partial charge in [0.1, 0.15) is 0 Å². The van der Waals surface area contributed by atoms with Gasteiger partial charge in [0.15, 0.2) is 0 Å². The zero-order valence-electron chi connectivity index (χ0n) is 10.0. The topological polar surface area (TPSA) is 63.3 Å². The Labute approximate surface area is 93.0 Å². The van der Waals surface area contributed by atoms with Gasteiger partial charge in [-0.25, -0.2) is 0 Å². The fraction of sp³-hybridized carbons (Fsp3) is 0.917. The van der Waals surface area contributed by atoms with Crippen molar-refractivity contribution in [2.75, 3.05) is 0 Å². The lowest BCUT2D eigenvalue weighted by molar-refractivity contribution is -0.137. The summed E-state index contributed by atoms with van der Waals surface area (Å²) >= 11 is 0. The second-order valence-electron chi connectivity index (χ2n) is 4.31. The zero-order chi connectivity index (χ0) is 11.7. The summed E-state index contributed by atoms with van der Waals surface area (Å²) in [6.45, 7) is 4.30. The molecule has 0 aromatic heterocycles. The van der Waals surface area contributed by atoms with Gasteiger partial charge in [-0.05, 0) is 18.8 Å². The molecule has 1 atom stereocenters. The standard InChI is InChI=1S/C12H25NO2/c1-3-5-7-10(8-6-4-2)11(13)9-12(14)15/h10-11H,3-9,13H2,1-2H3,(H,14,15).